The molecule has 0 aliphatic heterocycles. The molecule has 0 atom stereocenters. The van der Waals surface area contributed by atoms with Gasteiger partial charge in [0.15, 0.2) is 0 Å². The average molecular weight is 273 g/mol. The van der Waals surface area contributed by atoms with E-state index in [1.165, 1.54) is 25.7 Å². The standard InChI is InChI=1S/C16H23N3O/c1-2-18-15-9-17-8-7-14(15)16(20)19(10-12-3-4-12)11-13-5-6-13/h7-9,12-13,18H,2-6,10-11H2,1H3. The normalized spacial score (nSPS) is 17.9. The number of aromatic nitrogens is 1. The second-order valence-corrected chi connectivity index (χ2v) is 6.05. The molecule has 3 rings (SSSR count). The van der Waals surface area contributed by atoms with Gasteiger partial charge >= 0.3 is 0 Å². The van der Waals surface area contributed by atoms with Crippen molar-refractivity contribution in [3.63, 3.8) is 0 Å². The summed E-state index contributed by atoms with van der Waals surface area (Å²) in [7, 11) is 0. The Hall–Kier alpha value is -1.58. The molecule has 20 heavy (non-hydrogen) atoms. The molecule has 2 aliphatic carbocycles. The minimum atomic E-state index is 0.169. The Morgan fingerprint density at radius 1 is 1.30 bits per heavy atom. The first kappa shape index (κ1) is 13.4. The SMILES string of the molecule is CCNc1cnccc1C(=O)N(CC1CC1)CC1CC1. The molecule has 1 heterocycles. The van der Waals surface area contributed by atoms with Crippen molar-refractivity contribution in [2.24, 2.45) is 11.8 Å². The van der Waals surface area contributed by atoms with Crippen LogP contribution in [0.3, 0.4) is 0 Å². The van der Waals surface area contributed by atoms with Gasteiger partial charge in [-0.25, -0.2) is 0 Å². The lowest BCUT2D eigenvalue weighted by Gasteiger charge is -2.24. The number of amides is 1. The van der Waals surface area contributed by atoms with Crippen LogP contribution in [0.4, 0.5) is 5.69 Å². The molecule has 0 radical (unpaired) electrons. The predicted octanol–water partition coefficient (Wildman–Crippen LogP) is 2.78. The lowest BCUT2D eigenvalue weighted by Crippen LogP contribution is -2.35. The zero-order chi connectivity index (χ0) is 13.9. The van der Waals surface area contributed by atoms with Crippen LogP contribution in [-0.2, 0) is 0 Å². The van der Waals surface area contributed by atoms with E-state index in [1.807, 2.05) is 13.0 Å². The Morgan fingerprint density at radius 3 is 2.50 bits per heavy atom. The van der Waals surface area contributed by atoms with Crippen molar-refractivity contribution >= 4 is 11.6 Å². The van der Waals surface area contributed by atoms with Crippen LogP contribution in [0.25, 0.3) is 0 Å². The number of hydrogen-bond acceptors (Lipinski definition) is 3. The van der Waals surface area contributed by atoms with Gasteiger partial charge in [0, 0.05) is 25.8 Å². The molecule has 0 bridgehead atoms. The largest absolute Gasteiger partial charge is 0.383 e. The van der Waals surface area contributed by atoms with E-state index in [2.05, 4.69) is 15.2 Å². The van der Waals surface area contributed by atoms with Crippen molar-refractivity contribution in [3.05, 3.63) is 24.0 Å². The van der Waals surface area contributed by atoms with Gasteiger partial charge in [0.25, 0.3) is 5.91 Å². The molecule has 4 nitrogen and oxygen atoms in total. The maximum absolute atomic E-state index is 12.8. The van der Waals surface area contributed by atoms with Crippen LogP contribution >= 0.6 is 0 Å². The van der Waals surface area contributed by atoms with E-state index in [9.17, 15) is 4.79 Å². The first-order valence-corrected chi connectivity index (χ1v) is 7.75. The quantitative estimate of drug-likeness (QED) is 0.831. The van der Waals surface area contributed by atoms with Crippen molar-refractivity contribution in [2.45, 2.75) is 32.6 Å². The van der Waals surface area contributed by atoms with E-state index in [0.29, 0.717) is 0 Å². The average Bonchev–Trinajstić information content (AvgIpc) is 3.34. The molecule has 0 unspecified atom stereocenters. The van der Waals surface area contributed by atoms with Crippen LogP contribution in [0.5, 0.6) is 0 Å². The topological polar surface area (TPSA) is 45.2 Å². The van der Waals surface area contributed by atoms with Gasteiger partial charge in [0.2, 0.25) is 0 Å². The monoisotopic (exact) mass is 273 g/mol. The van der Waals surface area contributed by atoms with Crippen molar-refractivity contribution in [1.82, 2.24) is 9.88 Å². The van der Waals surface area contributed by atoms with Gasteiger partial charge in [-0.2, -0.15) is 0 Å². The maximum atomic E-state index is 12.8. The summed E-state index contributed by atoms with van der Waals surface area (Å²) in [4.78, 5) is 19.0. The number of hydrogen-bond donors (Lipinski definition) is 1. The van der Waals surface area contributed by atoms with E-state index in [4.69, 9.17) is 0 Å². The lowest BCUT2D eigenvalue weighted by molar-refractivity contribution is 0.0740. The molecule has 1 aromatic rings. The molecule has 2 saturated carbocycles. The highest BCUT2D eigenvalue weighted by Crippen LogP contribution is 2.34. The van der Waals surface area contributed by atoms with Gasteiger partial charge in [-0.1, -0.05) is 0 Å². The van der Waals surface area contributed by atoms with Crippen LogP contribution in [0.1, 0.15) is 43.0 Å². The predicted molar refractivity (Wildman–Crippen MR) is 79.8 cm³/mol. The molecule has 0 spiro atoms. The summed E-state index contributed by atoms with van der Waals surface area (Å²) in [5.74, 6) is 1.64. The number of carbonyl (C=O) groups is 1. The number of carbonyl (C=O) groups excluding carboxylic acids is 1. The van der Waals surface area contributed by atoms with Crippen LogP contribution in [-0.4, -0.2) is 35.4 Å². The highest BCUT2D eigenvalue weighted by atomic mass is 16.2. The fourth-order valence-corrected chi connectivity index (χ4v) is 2.55. The summed E-state index contributed by atoms with van der Waals surface area (Å²) >= 11 is 0. The number of anilines is 1. The Labute approximate surface area is 120 Å². The maximum Gasteiger partial charge on any atom is 0.256 e. The van der Waals surface area contributed by atoms with Gasteiger partial charge in [-0.15, -0.1) is 0 Å². The van der Waals surface area contributed by atoms with E-state index < -0.39 is 0 Å². The van der Waals surface area contributed by atoms with Crippen LogP contribution in [0.2, 0.25) is 0 Å². The van der Waals surface area contributed by atoms with E-state index >= 15 is 0 Å². The van der Waals surface area contributed by atoms with E-state index in [0.717, 1.165) is 42.7 Å². The van der Waals surface area contributed by atoms with E-state index in [-0.39, 0.29) is 5.91 Å². The summed E-state index contributed by atoms with van der Waals surface area (Å²) in [6, 6.07) is 1.84. The molecule has 1 amide bonds. The summed E-state index contributed by atoms with van der Waals surface area (Å²) in [5.41, 5.74) is 1.62. The van der Waals surface area contributed by atoms with Gasteiger partial charge in [0.1, 0.15) is 0 Å². The third-order valence-corrected chi connectivity index (χ3v) is 4.06. The van der Waals surface area contributed by atoms with Gasteiger partial charge in [0.05, 0.1) is 17.4 Å². The second kappa shape index (κ2) is 5.81. The smallest absolute Gasteiger partial charge is 0.256 e. The van der Waals surface area contributed by atoms with Gasteiger partial charge in [-0.05, 0) is 50.5 Å². The third-order valence-electron chi connectivity index (χ3n) is 4.06. The molecule has 1 aromatic heterocycles. The first-order chi connectivity index (χ1) is 9.78. The second-order valence-electron chi connectivity index (χ2n) is 6.05. The van der Waals surface area contributed by atoms with Crippen molar-refractivity contribution in [1.29, 1.82) is 0 Å². The molecular formula is C16H23N3O. The van der Waals surface area contributed by atoms with Gasteiger partial charge < -0.3 is 10.2 Å². The Balaban J connectivity index is 1.76. The zero-order valence-corrected chi connectivity index (χ0v) is 12.1. The molecular weight excluding hydrogens is 250 g/mol. The van der Waals surface area contributed by atoms with Gasteiger partial charge in [-0.3, -0.25) is 9.78 Å². The zero-order valence-electron chi connectivity index (χ0n) is 12.1. The number of pyridine rings is 1. The van der Waals surface area contributed by atoms with Crippen molar-refractivity contribution in [2.75, 3.05) is 25.0 Å². The lowest BCUT2D eigenvalue weighted by atomic mass is 10.1. The Bertz CT molecular complexity index is 466. The summed E-state index contributed by atoms with van der Waals surface area (Å²) < 4.78 is 0. The molecule has 0 aromatic carbocycles. The molecule has 2 fully saturated rings. The Kier molecular flexibility index (Phi) is 3.90. The van der Waals surface area contributed by atoms with Crippen molar-refractivity contribution < 1.29 is 4.79 Å². The van der Waals surface area contributed by atoms with Crippen LogP contribution in [0, 0.1) is 11.8 Å². The summed E-state index contributed by atoms with van der Waals surface area (Å²) in [5, 5.41) is 3.24. The molecule has 4 heteroatoms. The summed E-state index contributed by atoms with van der Waals surface area (Å²) in [6.45, 7) is 4.71. The minimum Gasteiger partial charge on any atom is -0.383 e. The highest BCUT2D eigenvalue weighted by molar-refractivity contribution is 5.99. The molecule has 1 N–H and O–H groups in total. The van der Waals surface area contributed by atoms with Crippen LogP contribution in [0.15, 0.2) is 18.5 Å². The van der Waals surface area contributed by atoms with E-state index in [1.54, 1.807) is 12.4 Å². The minimum absolute atomic E-state index is 0.169. The fourth-order valence-electron chi connectivity index (χ4n) is 2.55. The highest BCUT2D eigenvalue weighted by Gasteiger charge is 2.32. The summed E-state index contributed by atoms with van der Waals surface area (Å²) in [6.07, 6.45) is 8.59. The molecule has 0 saturated heterocycles. The number of nitrogens with zero attached hydrogens (tertiary/aromatic N) is 2. The first-order valence-electron chi connectivity index (χ1n) is 7.75. The fraction of sp³-hybridized carbons (Fsp3) is 0.625. The molecule has 2 aliphatic rings. The number of rotatable bonds is 7. The number of nitrogens with one attached hydrogen (secondary N) is 1. The van der Waals surface area contributed by atoms with Crippen LogP contribution < -0.4 is 5.32 Å². The third kappa shape index (κ3) is 3.30. The van der Waals surface area contributed by atoms with Crippen molar-refractivity contribution in [3.8, 4) is 0 Å². The Morgan fingerprint density at radius 2 is 1.95 bits per heavy atom. The molecule has 108 valence electrons.